The summed E-state index contributed by atoms with van der Waals surface area (Å²) in [6.07, 6.45) is 2.51. The van der Waals surface area contributed by atoms with Crippen molar-refractivity contribution < 1.29 is 23.8 Å². The molecule has 2 atom stereocenters. The summed E-state index contributed by atoms with van der Waals surface area (Å²) in [6, 6.07) is 7.22. The molecule has 114 valence electrons. The zero-order chi connectivity index (χ0) is 15.7. The minimum Gasteiger partial charge on any atom is -0.500 e. The molecule has 0 spiro atoms. The van der Waals surface area contributed by atoms with Crippen LogP contribution < -0.4 is 4.74 Å². The van der Waals surface area contributed by atoms with E-state index in [4.69, 9.17) is 14.2 Å². The second-order valence-corrected chi connectivity index (χ2v) is 5.19. The van der Waals surface area contributed by atoms with E-state index in [1.807, 2.05) is 12.1 Å². The second kappa shape index (κ2) is 5.67. The molecule has 0 amide bonds. The molecule has 0 fully saturated rings. The first kappa shape index (κ1) is 14.4. The van der Waals surface area contributed by atoms with Gasteiger partial charge < -0.3 is 14.2 Å². The highest BCUT2D eigenvalue weighted by Crippen LogP contribution is 2.36. The molecule has 0 unspecified atom stereocenters. The molecule has 0 radical (unpaired) electrons. The Bertz CT molecular complexity index is 669. The first-order valence-electron chi connectivity index (χ1n) is 6.97. The first-order valence-corrected chi connectivity index (χ1v) is 6.97. The molecule has 1 aromatic rings. The normalized spacial score (nSPS) is 23.9. The van der Waals surface area contributed by atoms with Gasteiger partial charge in [-0.2, -0.15) is 0 Å². The Morgan fingerprint density at radius 2 is 1.77 bits per heavy atom. The Hall–Kier alpha value is -2.56. The van der Waals surface area contributed by atoms with Crippen molar-refractivity contribution in [3.63, 3.8) is 0 Å². The third-order valence-corrected chi connectivity index (χ3v) is 3.85. The van der Waals surface area contributed by atoms with Gasteiger partial charge in [-0.15, -0.1) is 0 Å². The molecule has 22 heavy (non-hydrogen) atoms. The van der Waals surface area contributed by atoms with Gasteiger partial charge in [-0.05, 0) is 24.3 Å². The van der Waals surface area contributed by atoms with Gasteiger partial charge in [-0.3, -0.25) is 9.59 Å². The minimum atomic E-state index is -0.537. The summed E-state index contributed by atoms with van der Waals surface area (Å²) < 4.78 is 16.2. The van der Waals surface area contributed by atoms with Crippen LogP contribution in [0, 0.1) is 5.92 Å². The van der Waals surface area contributed by atoms with Crippen LogP contribution in [0.3, 0.4) is 0 Å². The number of hydrogen-bond acceptors (Lipinski definition) is 5. The van der Waals surface area contributed by atoms with Gasteiger partial charge in [0.05, 0.1) is 14.2 Å². The Kier molecular flexibility index (Phi) is 3.71. The number of rotatable bonds is 3. The highest BCUT2D eigenvalue weighted by atomic mass is 16.5. The molecule has 5 nitrogen and oxygen atoms in total. The van der Waals surface area contributed by atoms with Gasteiger partial charge >= 0.3 is 0 Å². The van der Waals surface area contributed by atoms with Gasteiger partial charge in [-0.1, -0.05) is 0 Å². The number of ketones is 2. The predicted octanol–water partition coefficient (Wildman–Crippen LogP) is 2.12. The number of benzene rings is 1. The van der Waals surface area contributed by atoms with Crippen LogP contribution in [0.25, 0.3) is 5.76 Å². The number of carbonyl (C=O) groups excluding carboxylic acids is 2. The summed E-state index contributed by atoms with van der Waals surface area (Å²) in [6.45, 7) is 0. The molecule has 5 heteroatoms. The predicted molar refractivity (Wildman–Crippen MR) is 79.1 cm³/mol. The number of hydrogen-bond donors (Lipinski definition) is 0. The fourth-order valence-electron chi connectivity index (χ4n) is 2.75. The standard InChI is InChI=1S/C17H16O5/c1-20-12-5-3-10(4-6-12)14-9-13(19)17-15(21-2)7-11(18)8-16(17)22-14/h3-7,9,16-17H,8H2,1-2H3/t16-,17+/m0/s1. The monoisotopic (exact) mass is 300 g/mol. The van der Waals surface area contributed by atoms with Gasteiger partial charge in [-0.25, -0.2) is 0 Å². The summed E-state index contributed by atoms with van der Waals surface area (Å²) in [7, 11) is 3.04. The van der Waals surface area contributed by atoms with E-state index in [1.165, 1.54) is 19.3 Å². The molecule has 0 saturated heterocycles. The maximum atomic E-state index is 12.4. The Morgan fingerprint density at radius 1 is 1.05 bits per heavy atom. The molecule has 1 aromatic carbocycles. The van der Waals surface area contributed by atoms with Crippen LogP contribution >= 0.6 is 0 Å². The Balaban J connectivity index is 1.92. The van der Waals surface area contributed by atoms with E-state index in [1.54, 1.807) is 19.2 Å². The van der Waals surface area contributed by atoms with Crippen LogP contribution in [0.2, 0.25) is 0 Å². The summed E-state index contributed by atoms with van der Waals surface area (Å²) in [5.74, 6) is 0.825. The highest BCUT2D eigenvalue weighted by molar-refractivity contribution is 6.03. The lowest BCUT2D eigenvalue weighted by atomic mass is 9.84. The first-order chi connectivity index (χ1) is 10.6. The zero-order valence-corrected chi connectivity index (χ0v) is 12.4. The van der Waals surface area contributed by atoms with Crippen molar-refractivity contribution in [3.05, 3.63) is 47.7 Å². The summed E-state index contributed by atoms with van der Waals surface area (Å²) in [5, 5.41) is 0. The molecule has 2 aliphatic rings. The Labute approximate surface area is 128 Å². The van der Waals surface area contributed by atoms with Crippen LogP contribution in [-0.2, 0) is 19.1 Å². The van der Waals surface area contributed by atoms with Crippen molar-refractivity contribution in [3.8, 4) is 5.75 Å². The van der Waals surface area contributed by atoms with Crippen LogP contribution in [0.5, 0.6) is 5.75 Å². The van der Waals surface area contributed by atoms with Crippen molar-refractivity contribution in [1.82, 2.24) is 0 Å². The quantitative estimate of drug-likeness (QED) is 0.855. The molecular formula is C17H16O5. The average Bonchev–Trinajstić information content (AvgIpc) is 2.53. The van der Waals surface area contributed by atoms with Crippen molar-refractivity contribution in [1.29, 1.82) is 0 Å². The molecule has 0 N–H and O–H groups in total. The highest BCUT2D eigenvalue weighted by Gasteiger charge is 2.41. The minimum absolute atomic E-state index is 0.0955. The lowest BCUT2D eigenvalue weighted by Crippen LogP contribution is -2.39. The van der Waals surface area contributed by atoms with E-state index in [-0.39, 0.29) is 18.0 Å². The zero-order valence-electron chi connectivity index (χ0n) is 12.4. The van der Waals surface area contributed by atoms with Crippen LogP contribution in [-0.4, -0.2) is 31.9 Å². The van der Waals surface area contributed by atoms with Crippen molar-refractivity contribution >= 4 is 17.3 Å². The van der Waals surface area contributed by atoms with Crippen LogP contribution in [0.4, 0.5) is 0 Å². The van der Waals surface area contributed by atoms with Gasteiger partial charge in [0.15, 0.2) is 11.6 Å². The molecule has 0 saturated carbocycles. The third kappa shape index (κ3) is 2.50. The molecule has 3 rings (SSSR count). The van der Waals surface area contributed by atoms with E-state index >= 15 is 0 Å². The van der Waals surface area contributed by atoms with Crippen molar-refractivity contribution in [2.24, 2.45) is 5.92 Å². The molecular weight excluding hydrogens is 284 g/mol. The van der Waals surface area contributed by atoms with E-state index in [9.17, 15) is 9.59 Å². The SMILES string of the molecule is COC1=CC(=O)C[C@@H]2OC(c3ccc(OC)cc3)=CC(=O)[C@H]12. The summed E-state index contributed by atoms with van der Waals surface area (Å²) in [4.78, 5) is 24.1. The molecule has 0 bridgehead atoms. The lowest BCUT2D eigenvalue weighted by Gasteiger charge is -2.33. The molecule has 1 aliphatic heterocycles. The van der Waals surface area contributed by atoms with Crippen molar-refractivity contribution in [2.45, 2.75) is 12.5 Å². The number of allylic oxidation sites excluding steroid dienone is 2. The number of fused-ring (bicyclic) bond motifs is 1. The smallest absolute Gasteiger partial charge is 0.173 e. The maximum absolute atomic E-state index is 12.4. The number of carbonyl (C=O) groups is 2. The topological polar surface area (TPSA) is 61.8 Å². The van der Waals surface area contributed by atoms with Gasteiger partial charge in [0.1, 0.15) is 29.3 Å². The molecule has 0 aromatic heterocycles. The van der Waals surface area contributed by atoms with E-state index in [2.05, 4.69) is 0 Å². The fraction of sp³-hybridized carbons (Fsp3) is 0.294. The van der Waals surface area contributed by atoms with Crippen LogP contribution in [0.15, 0.2) is 42.2 Å². The maximum Gasteiger partial charge on any atom is 0.173 e. The second-order valence-electron chi connectivity index (χ2n) is 5.19. The van der Waals surface area contributed by atoms with Crippen molar-refractivity contribution in [2.75, 3.05) is 14.2 Å². The summed E-state index contributed by atoms with van der Waals surface area (Å²) >= 11 is 0. The number of methoxy groups -OCH3 is 2. The van der Waals surface area contributed by atoms with Gasteiger partial charge in [0.2, 0.25) is 0 Å². The fourth-order valence-corrected chi connectivity index (χ4v) is 2.75. The third-order valence-electron chi connectivity index (χ3n) is 3.85. The van der Waals surface area contributed by atoms with Crippen LogP contribution in [0.1, 0.15) is 12.0 Å². The Morgan fingerprint density at radius 3 is 2.41 bits per heavy atom. The average molecular weight is 300 g/mol. The van der Waals surface area contributed by atoms with Gasteiger partial charge in [0, 0.05) is 24.1 Å². The molecule has 1 aliphatic carbocycles. The van der Waals surface area contributed by atoms with Gasteiger partial charge in [0.25, 0.3) is 0 Å². The molecule has 1 heterocycles. The lowest BCUT2D eigenvalue weighted by molar-refractivity contribution is -0.126. The number of ether oxygens (including phenoxy) is 3. The van der Waals surface area contributed by atoms with E-state index in [0.717, 1.165) is 11.3 Å². The largest absolute Gasteiger partial charge is 0.500 e. The van der Waals surface area contributed by atoms with E-state index < -0.39 is 12.0 Å². The summed E-state index contributed by atoms with van der Waals surface area (Å²) in [5.41, 5.74) is 0.772. The van der Waals surface area contributed by atoms with E-state index in [0.29, 0.717) is 11.5 Å².